The largest absolute Gasteiger partial charge is 0.484 e. The predicted molar refractivity (Wildman–Crippen MR) is 104 cm³/mol. The number of anilines is 2. The Hall–Kier alpha value is -2.83. The molecule has 0 saturated carbocycles. The first kappa shape index (κ1) is 17.6. The topological polar surface area (TPSA) is 61.8 Å². The highest BCUT2D eigenvalue weighted by atomic mass is 16.5. The summed E-state index contributed by atoms with van der Waals surface area (Å²) in [6.07, 6.45) is 4.25. The SMILES string of the molecule is O=C(COc1ccccc1)N1CCN(c2ccnc(N3CCCC3)n2)CC1. The molecule has 0 unspecified atom stereocenters. The molecule has 0 N–H and O–H groups in total. The number of para-hydroxylation sites is 1. The van der Waals surface area contributed by atoms with Crippen LogP contribution in [0.1, 0.15) is 12.8 Å². The average molecular weight is 367 g/mol. The lowest BCUT2D eigenvalue weighted by molar-refractivity contribution is -0.133. The third-order valence-corrected chi connectivity index (χ3v) is 5.08. The van der Waals surface area contributed by atoms with E-state index in [1.165, 1.54) is 12.8 Å². The van der Waals surface area contributed by atoms with Gasteiger partial charge in [-0.15, -0.1) is 0 Å². The van der Waals surface area contributed by atoms with Gasteiger partial charge in [0.1, 0.15) is 11.6 Å². The van der Waals surface area contributed by atoms with Crippen LogP contribution >= 0.6 is 0 Å². The minimum Gasteiger partial charge on any atom is -0.484 e. The first-order valence-corrected chi connectivity index (χ1v) is 9.58. The van der Waals surface area contributed by atoms with Crippen molar-refractivity contribution in [3.8, 4) is 5.75 Å². The molecule has 27 heavy (non-hydrogen) atoms. The number of piperazine rings is 1. The van der Waals surface area contributed by atoms with Gasteiger partial charge in [0, 0.05) is 45.5 Å². The highest BCUT2D eigenvalue weighted by Crippen LogP contribution is 2.20. The van der Waals surface area contributed by atoms with Gasteiger partial charge in [0.15, 0.2) is 6.61 Å². The Labute approximate surface area is 159 Å². The molecule has 2 aliphatic rings. The molecule has 3 heterocycles. The summed E-state index contributed by atoms with van der Waals surface area (Å²) in [5.41, 5.74) is 0. The number of hydrogen-bond donors (Lipinski definition) is 0. The van der Waals surface area contributed by atoms with E-state index >= 15 is 0 Å². The maximum Gasteiger partial charge on any atom is 0.260 e. The maximum absolute atomic E-state index is 12.4. The van der Waals surface area contributed by atoms with Gasteiger partial charge in [-0.2, -0.15) is 4.98 Å². The Morgan fingerprint density at radius 1 is 0.926 bits per heavy atom. The summed E-state index contributed by atoms with van der Waals surface area (Å²) < 4.78 is 5.57. The van der Waals surface area contributed by atoms with Crippen molar-refractivity contribution in [3.63, 3.8) is 0 Å². The highest BCUT2D eigenvalue weighted by Gasteiger charge is 2.23. The zero-order valence-electron chi connectivity index (χ0n) is 15.5. The minimum atomic E-state index is 0.0268. The molecule has 4 rings (SSSR count). The lowest BCUT2D eigenvalue weighted by atomic mass is 10.3. The van der Waals surface area contributed by atoms with Gasteiger partial charge in [-0.1, -0.05) is 18.2 Å². The fourth-order valence-electron chi connectivity index (χ4n) is 3.52. The normalized spacial score (nSPS) is 17.3. The molecule has 0 aliphatic carbocycles. The average Bonchev–Trinajstić information content (AvgIpc) is 3.28. The second kappa shape index (κ2) is 8.24. The third kappa shape index (κ3) is 4.30. The number of benzene rings is 1. The van der Waals surface area contributed by atoms with E-state index in [0.717, 1.165) is 43.7 Å². The molecule has 2 aromatic rings. The van der Waals surface area contributed by atoms with Crippen LogP contribution in [-0.4, -0.2) is 66.7 Å². The molecule has 0 spiro atoms. The number of amides is 1. The molecule has 2 saturated heterocycles. The van der Waals surface area contributed by atoms with Crippen molar-refractivity contribution in [2.45, 2.75) is 12.8 Å². The molecule has 2 fully saturated rings. The molecule has 7 nitrogen and oxygen atoms in total. The van der Waals surface area contributed by atoms with E-state index in [2.05, 4.69) is 14.8 Å². The molecular formula is C20H25N5O2. The van der Waals surface area contributed by atoms with Crippen molar-refractivity contribution >= 4 is 17.7 Å². The monoisotopic (exact) mass is 367 g/mol. The van der Waals surface area contributed by atoms with E-state index in [9.17, 15) is 4.79 Å². The Kier molecular flexibility index (Phi) is 5.37. The molecule has 1 aromatic heterocycles. The lowest BCUT2D eigenvalue weighted by Gasteiger charge is -2.35. The predicted octanol–water partition coefficient (Wildman–Crippen LogP) is 1.80. The quantitative estimate of drug-likeness (QED) is 0.803. The molecule has 1 aromatic carbocycles. The fourth-order valence-corrected chi connectivity index (χ4v) is 3.52. The summed E-state index contributed by atoms with van der Waals surface area (Å²) in [5, 5.41) is 0. The first-order chi connectivity index (χ1) is 13.3. The molecule has 0 bridgehead atoms. The van der Waals surface area contributed by atoms with Crippen LogP contribution < -0.4 is 14.5 Å². The van der Waals surface area contributed by atoms with Crippen LogP contribution in [0.25, 0.3) is 0 Å². The third-order valence-electron chi connectivity index (χ3n) is 5.08. The number of carbonyl (C=O) groups is 1. The van der Waals surface area contributed by atoms with Gasteiger partial charge in [-0.05, 0) is 31.0 Å². The zero-order chi connectivity index (χ0) is 18.5. The van der Waals surface area contributed by atoms with Gasteiger partial charge in [0.2, 0.25) is 5.95 Å². The summed E-state index contributed by atoms with van der Waals surface area (Å²) in [4.78, 5) is 27.9. The van der Waals surface area contributed by atoms with Crippen LogP contribution in [-0.2, 0) is 4.79 Å². The number of hydrogen-bond acceptors (Lipinski definition) is 6. The second-order valence-corrected chi connectivity index (χ2v) is 6.88. The number of aromatic nitrogens is 2. The lowest BCUT2D eigenvalue weighted by Crippen LogP contribution is -2.50. The van der Waals surface area contributed by atoms with Crippen LogP contribution in [0.4, 0.5) is 11.8 Å². The first-order valence-electron chi connectivity index (χ1n) is 9.58. The summed E-state index contributed by atoms with van der Waals surface area (Å²) in [6, 6.07) is 11.4. The van der Waals surface area contributed by atoms with Crippen molar-refractivity contribution < 1.29 is 9.53 Å². The van der Waals surface area contributed by atoms with Crippen molar-refractivity contribution in [1.29, 1.82) is 0 Å². The summed E-state index contributed by atoms with van der Waals surface area (Å²) >= 11 is 0. The van der Waals surface area contributed by atoms with Crippen molar-refractivity contribution in [3.05, 3.63) is 42.6 Å². The van der Waals surface area contributed by atoms with Gasteiger partial charge in [-0.3, -0.25) is 4.79 Å². The van der Waals surface area contributed by atoms with E-state index in [-0.39, 0.29) is 12.5 Å². The summed E-state index contributed by atoms with van der Waals surface area (Å²) in [6.45, 7) is 5.05. The molecule has 1 amide bonds. The van der Waals surface area contributed by atoms with Crippen LogP contribution in [0.15, 0.2) is 42.6 Å². The molecular weight excluding hydrogens is 342 g/mol. The van der Waals surface area contributed by atoms with Gasteiger partial charge >= 0.3 is 0 Å². The Bertz CT molecular complexity index is 756. The highest BCUT2D eigenvalue weighted by molar-refractivity contribution is 5.78. The maximum atomic E-state index is 12.4. The van der Waals surface area contributed by atoms with Gasteiger partial charge in [0.05, 0.1) is 0 Å². The second-order valence-electron chi connectivity index (χ2n) is 6.88. The number of nitrogens with zero attached hydrogens (tertiary/aromatic N) is 5. The number of ether oxygens (including phenoxy) is 1. The van der Waals surface area contributed by atoms with E-state index in [4.69, 9.17) is 9.72 Å². The van der Waals surface area contributed by atoms with Crippen molar-refractivity contribution in [1.82, 2.24) is 14.9 Å². The van der Waals surface area contributed by atoms with Crippen LogP contribution in [0.5, 0.6) is 5.75 Å². The van der Waals surface area contributed by atoms with Gasteiger partial charge < -0.3 is 19.4 Å². The molecule has 0 atom stereocenters. The molecule has 142 valence electrons. The Morgan fingerprint density at radius 2 is 1.67 bits per heavy atom. The van der Waals surface area contributed by atoms with Crippen LogP contribution in [0.2, 0.25) is 0 Å². The van der Waals surface area contributed by atoms with Crippen LogP contribution in [0.3, 0.4) is 0 Å². The summed E-state index contributed by atoms with van der Waals surface area (Å²) in [7, 11) is 0. The zero-order valence-corrected chi connectivity index (χ0v) is 15.5. The van der Waals surface area contributed by atoms with Crippen molar-refractivity contribution in [2.75, 3.05) is 55.7 Å². The Balaban J connectivity index is 1.29. The van der Waals surface area contributed by atoms with E-state index in [1.54, 1.807) is 0 Å². The number of carbonyl (C=O) groups excluding carboxylic acids is 1. The summed E-state index contributed by atoms with van der Waals surface area (Å²) in [5.74, 6) is 2.51. The number of rotatable bonds is 5. The molecule has 2 aliphatic heterocycles. The standard InChI is InChI=1S/C20H25N5O2/c26-19(16-27-17-6-2-1-3-7-17)24-14-12-23(13-15-24)18-8-9-21-20(22-18)25-10-4-5-11-25/h1-3,6-9H,4-5,10-16H2. The van der Waals surface area contributed by atoms with E-state index in [1.807, 2.05) is 47.5 Å². The Morgan fingerprint density at radius 3 is 2.41 bits per heavy atom. The van der Waals surface area contributed by atoms with Gasteiger partial charge in [0.25, 0.3) is 5.91 Å². The van der Waals surface area contributed by atoms with E-state index in [0.29, 0.717) is 13.1 Å². The van der Waals surface area contributed by atoms with Crippen molar-refractivity contribution in [2.24, 2.45) is 0 Å². The fraction of sp³-hybridized carbons (Fsp3) is 0.450. The molecule has 7 heteroatoms. The van der Waals surface area contributed by atoms with E-state index < -0.39 is 0 Å². The smallest absolute Gasteiger partial charge is 0.260 e. The molecule has 0 radical (unpaired) electrons. The minimum absolute atomic E-state index is 0.0268. The van der Waals surface area contributed by atoms with Gasteiger partial charge in [-0.25, -0.2) is 4.98 Å². The van der Waals surface area contributed by atoms with Crippen LogP contribution in [0, 0.1) is 0 Å².